The quantitative estimate of drug-likeness (QED) is 0.379. The Bertz CT molecular complexity index is 526. The topological polar surface area (TPSA) is 64.9 Å². The first kappa shape index (κ1) is 14.7. The van der Waals surface area contributed by atoms with E-state index >= 15 is 0 Å². The Morgan fingerprint density at radius 3 is 1.95 bits per heavy atom. The van der Waals surface area contributed by atoms with Crippen molar-refractivity contribution >= 4 is 11.6 Å². The van der Waals surface area contributed by atoms with Crippen LogP contribution in [0.2, 0.25) is 0 Å². The van der Waals surface area contributed by atoms with Gasteiger partial charge in [-0.05, 0) is 0 Å². The fourth-order valence-electron chi connectivity index (χ4n) is 1.13. The number of nitrogens with zero attached hydrogens (tertiary/aromatic N) is 1. The first-order valence-electron chi connectivity index (χ1n) is 4.79. The molecular weight excluding hydrogens is 273 g/mol. The van der Waals surface area contributed by atoms with Crippen molar-refractivity contribution in [1.29, 1.82) is 5.26 Å². The summed E-state index contributed by atoms with van der Waals surface area (Å²) >= 11 is 0. The molecule has 1 aromatic rings. The van der Waals surface area contributed by atoms with Gasteiger partial charge < -0.3 is 10.6 Å². The van der Waals surface area contributed by atoms with Gasteiger partial charge in [-0.3, -0.25) is 4.79 Å². The fourth-order valence-corrected chi connectivity index (χ4v) is 1.13. The van der Waals surface area contributed by atoms with E-state index in [0.29, 0.717) is 0 Å². The highest BCUT2D eigenvalue weighted by atomic mass is 19.2. The van der Waals surface area contributed by atoms with Crippen molar-refractivity contribution in [3.8, 4) is 6.07 Å². The Labute approximate surface area is 103 Å². The zero-order chi connectivity index (χ0) is 14.6. The summed E-state index contributed by atoms with van der Waals surface area (Å²) in [6, 6.07) is 1.57. The second kappa shape index (κ2) is 5.99. The van der Waals surface area contributed by atoms with E-state index in [2.05, 4.69) is 0 Å². The summed E-state index contributed by atoms with van der Waals surface area (Å²) in [4.78, 5) is 11.0. The minimum absolute atomic E-state index is 0.350. The normalized spacial score (nSPS) is 9.89. The monoisotopic (exact) mass is 279 g/mol. The van der Waals surface area contributed by atoms with Gasteiger partial charge in [0.15, 0.2) is 23.3 Å². The number of hydrogen-bond donors (Lipinski definition) is 2. The Balaban J connectivity index is 2.91. The zero-order valence-corrected chi connectivity index (χ0v) is 9.16. The van der Waals surface area contributed by atoms with Crippen molar-refractivity contribution in [2.45, 2.75) is 0 Å². The average molecular weight is 279 g/mol. The van der Waals surface area contributed by atoms with Gasteiger partial charge in [-0.15, -0.1) is 0 Å². The predicted molar refractivity (Wildman–Crippen MR) is 53.3 cm³/mol. The molecule has 0 radical (unpaired) electrons. The summed E-state index contributed by atoms with van der Waals surface area (Å²) in [5, 5.41) is 11.9. The fraction of sp³-hybridized carbons (Fsp3) is 0.200. The molecule has 0 aromatic heterocycles. The van der Waals surface area contributed by atoms with Crippen molar-refractivity contribution in [1.82, 2.24) is 5.32 Å². The van der Waals surface area contributed by atoms with E-state index in [1.807, 2.05) is 5.32 Å². The largest absolute Gasteiger partial charge is 0.371 e. The number of nitrogens with one attached hydrogen (secondary N) is 2. The van der Waals surface area contributed by atoms with Crippen LogP contribution in [-0.4, -0.2) is 19.0 Å². The summed E-state index contributed by atoms with van der Waals surface area (Å²) < 4.78 is 64.5. The van der Waals surface area contributed by atoms with Gasteiger partial charge in [0.2, 0.25) is 11.7 Å². The number of carbonyl (C=O) groups is 1. The first-order valence-corrected chi connectivity index (χ1v) is 4.79. The van der Waals surface area contributed by atoms with Crippen LogP contribution in [0.25, 0.3) is 0 Å². The summed E-state index contributed by atoms with van der Waals surface area (Å²) in [6.45, 7) is -1.10. The van der Waals surface area contributed by atoms with Crippen LogP contribution in [0.3, 0.4) is 0 Å². The van der Waals surface area contributed by atoms with E-state index in [1.165, 1.54) is 0 Å². The molecule has 2 N–H and O–H groups in total. The highest BCUT2D eigenvalue weighted by Gasteiger charge is 2.25. The SMILES string of the molecule is N#CCNC(=O)CNc1c(F)c(F)c(F)c(F)c1F. The summed E-state index contributed by atoms with van der Waals surface area (Å²) in [6.07, 6.45) is 0. The Morgan fingerprint density at radius 2 is 1.47 bits per heavy atom. The Hall–Kier alpha value is -2.37. The molecule has 4 nitrogen and oxygen atoms in total. The molecule has 0 heterocycles. The van der Waals surface area contributed by atoms with Crippen molar-refractivity contribution in [3.63, 3.8) is 0 Å². The first-order chi connectivity index (χ1) is 8.90. The van der Waals surface area contributed by atoms with Gasteiger partial charge in [0.25, 0.3) is 0 Å². The summed E-state index contributed by atoms with van der Waals surface area (Å²) in [5.41, 5.74) is -1.30. The van der Waals surface area contributed by atoms with Gasteiger partial charge in [0, 0.05) is 0 Å². The second-order valence-electron chi connectivity index (χ2n) is 3.23. The van der Waals surface area contributed by atoms with Crippen molar-refractivity contribution in [3.05, 3.63) is 29.1 Å². The molecule has 0 aliphatic rings. The number of nitriles is 1. The van der Waals surface area contributed by atoms with Crippen LogP contribution in [0.15, 0.2) is 0 Å². The highest BCUT2D eigenvalue weighted by molar-refractivity contribution is 5.80. The van der Waals surface area contributed by atoms with Crippen LogP contribution in [0.4, 0.5) is 27.6 Å². The van der Waals surface area contributed by atoms with Crippen LogP contribution in [0.1, 0.15) is 0 Å². The number of rotatable bonds is 4. The molecule has 1 rings (SSSR count). The Kier molecular flexibility index (Phi) is 4.63. The average Bonchev–Trinajstić information content (AvgIpc) is 2.40. The van der Waals surface area contributed by atoms with Crippen LogP contribution in [0.5, 0.6) is 0 Å². The molecule has 0 fully saturated rings. The Morgan fingerprint density at radius 1 is 1.00 bits per heavy atom. The molecular formula is C10H6F5N3O. The maximum Gasteiger partial charge on any atom is 0.240 e. The maximum atomic E-state index is 13.1. The maximum absolute atomic E-state index is 13.1. The predicted octanol–water partition coefficient (Wildman–Crippen LogP) is 1.43. The smallest absolute Gasteiger partial charge is 0.240 e. The number of halogens is 5. The van der Waals surface area contributed by atoms with Gasteiger partial charge in [-0.2, -0.15) is 5.26 Å². The molecule has 1 aromatic carbocycles. The molecule has 0 saturated heterocycles. The standard InChI is InChI=1S/C10H6F5N3O/c11-5-6(12)8(14)10(9(15)7(5)13)18-3-4(19)17-2-1-16/h18H,2-3H2,(H,17,19). The van der Waals surface area contributed by atoms with Crippen molar-refractivity contribution < 1.29 is 26.7 Å². The van der Waals surface area contributed by atoms with Crippen LogP contribution in [0, 0.1) is 40.4 Å². The molecule has 0 aliphatic heterocycles. The lowest BCUT2D eigenvalue weighted by Crippen LogP contribution is -2.30. The minimum atomic E-state index is -2.28. The van der Waals surface area contributed by atoms with Gasteiger partial charge in [0.05, 0.1) is 12.6 Å². The van der Waals surface area contributed by atoms with Crippen LogP contribution in [-0.2, 0) is 4.79 Å². The van der Waals surface area contributed by atoms with Crippen LogP contribution < -0.4 is 10.6 Å². The lowest BCUT2D eigenvalue weighted by Gasteiger charge is -2.10. The number of hydrogen-bond acceptors (Lipinski definition) is 3. The third-order valence-corrected chi connectivity index (χ3v) is 2.00. The molecule has 0 saturated carbocycles. The zero-order valence-electron chi connectivity index (χ0n) is 9.16. The number of amides is 1. The lowest BCUT2D eigenvalue weighted by atomic mass is 10.2. The van der Waals surface area contributed by atoms with E-state index in [9.17, 15) is 26.7 Å². The molecule has 0 aliphatic carbocycles. The minimum Gasteiger partial charge on any atom is -0.371 e. The lowest BCUT2D eigenvalue weighted by molar-refractivity contribution is -0.119. The van der Waals surface area contributed by atoms with Gasteiger partial charge in [-0.1, -0.05) is 0 Å². The second-order valence-corrected chi connectivity index (χ2v) is 3.23. The van der Waals surface area contributed by atoms with E-state index in [4.69, 9.17) is 5.26 Å². The molecule has 9 heteroatoms. The summed E-state index contributed by atoms with van der Waals surface area (Å²) in [5.74, 6) is -11.5. The summed E-state index contributed by atoms with van der Waals surface area (Å²) in [7, 11) is 0. The van der Waals surface area contributed by atoms with Crippen molar-refractivity contribution in [2.75, 3.05) is 18.4 Å². The van der Waals surface area contributed by atoms with Crippen molar-refractivity contribution in [2.24, 2.45) is 0 Å². The molecule has 0 bridgehead atoms. The van der Waals surface area contributed by atoms with E-state index in [1.54, 1.807) is 11.4 Å². The molecule has 1 amide bonds. The van der Waals surface area contributed by atoms with Crippen LogP contribution >= 0.6 is 0 Å². The third kappa shape index (κ3) is 3.09. The van der Waals surface area contributed by atoms with E-state index < -0.39 is 47.2 Å². The molecule has 0 unspecified atom stereocenters. The number of carbonyl (C=O) groups excluding carboxylic acids is 1. The van der Waals surface area contributed by atoms with Gasteiger partial charge >= 0.3 is 0 Å². The molecule has 102 valence electrons. The molecule has 19 heavy (non-hydrogen) atoms. The van der Waals surface area contributed by atoms with Gasteiger partial charge in [-0.25, -0.2) is 22.0 Å². The molecule has 0 atom stereocenters. The third-order valence-electron chi connectivity index (χ3n) is 2.00. The van der Waals surface area contributed by atoms with E-state index in [-0.39, 0.29) is 6.54 Å². The molecule has 0 spiro atoms. The number of anilines is 1. The number of benzene rings is 1. The van der Waals surface area contributed by atoms with Gasteiger partial charge in [0.1, 0.15) is 12.2 Å². The highest BCUT2D eigenvalue weighted by Crippen LogP contribution is 2.26. The van der Waals surface area contributed by atoms with E-state index in [0.717, 1.165) is 0 Å².